The van der Waals surface area contributed by atoms with E-state index in [1.807, 2.05) is 31.2 Å². The van der Waals surface area contributed by atoms with Crippen LogP contribution in [-0.2, 0) is 9.84 Å². The van der Waals surface area contributed by atoms with E-state index in [0.717, 1.165) is 24.0 Å². The van der Waals surface area contributed by atoms with Crippen molar-refractivity contribution in [1.29, 1.82) is 0 Å². The Morgan fingerprint density at radius 3 is 2.68 bits per heavy atom. The third-order valence-corrected chi connectivity index (χ3v) is 5.74. The molecule has 1 N–H and O–H groups in total. The number of pyridine rings is 1. The van der Waals surface area contributed by atoms with Gasteiger partial charge in [0.05, 0.1) is 12.1 Å². The van der Waals surface area contributed by atoms with Crippen molar-refractivity contribution in [3.63, 3.8) is 0 Å². The van der Waals surface area contributed by atoms with Gasteiger partial charge in [0, 0.05) is 24.4 Å². The van der Waals surface area contributed by atoms with Gasteiger partial charge >= 0.3 is 0 Å². The van der Waals surface area contributed by atoms with Gasteiger partial charge in [-0.25, -0.2) is 13.4 Å². The summed E-state index contributed by atoms with van der Waals surface area (Å²) in [6.45, 7) is 2.56. The van der Waals surface area contributed by atoms with Gasteiger partial charge < -0.3 is 10.1 Å². The van der Waals surface area contributed by atoms with Crippen LogP contribution in [0.1, 0.15) is 35.3 Å². The standard InChI is InChI=1S/C20H21N3O4S/c1-3-27-14-9-7-13(8-10-14)15-12-16(15)21-19(24)18-17-6-4-5-11-23(17)20(22-18)28(2,25)26/h4-11,15-16H,3,12H2,1-2H3,(H,21,24)/t15-,16+/m0/s1. The monoisotopic (exact) mass is 399 g/mol. The van der Waals surface area contributed by atoms with Crippen LogP contribution in [0.2, 0.25) is 0 Å². The van der Waals surface area contributed by atoms with Crippen LogP contribution in [0.25, 0.3) is 5.52 Å². The number of carbonyl (C=O) groups excluding carboxylic acids is 1. The SMILES string of the molecule is CCOc1ccc([C@@H]2C[C@H]2NC(=O)c2nc(S(C)(=O)=O)n3ccccc23)cc1. The molecule has 1 aromatic carbocycles. The first-order valence-electron chi connectivity index (χ1n) is 9.09. The number of ether oxygens (including phenoxy) is 1. The van der Waals surface area contributed by atoms with Crippen LogP contribution < -0.4 is 10.1 Å². The summed E-state index contributed by atoms with van der Waals surface area (Å²) in [6.07, 6.45) is 3.51. The predicted molar refractivity (Wildman–Crippen MR) is 105 cm³/mol. The topological polar surface area (TPSA) is 89.8 Å². The first kappa shape index (κ1) is 18.5. The summed E-state index contributed by atoms with van der Waals surface area (Å²) >= 11 is 0. The lowest BCUT2D eigenvalue weighted by atomic mass is 10.1. The number of aromatic nitrogens is 2. The van der Waals surface area contributed by atoms with E-state index in [0.29, 0.717) is 12.1 Å². The maximum Gasteiger partial charge on any atom is 0.272 e. The second-order valence-electron chi connectivity index (χ2n) is 6.90. The normalized spacial score (nSPS) is 18.8. The first-order valence-corrected chi connectivity index (χ1v) is 11.0. The Morgan fingerprint density at radius 2 is 2.00 bits per heavy atom. The van der Waals surface area contributed by atoms with Crippen LogP contribution in [0.15, 0.2) is 53.8 Å². The van der Waals surface area contributed by atoms with Gasteiger partial charge in [0.1, 0.15) is 5.75 Å². The van der Waals surface area contributed by atoms with E-state index in [1.54, 1.807) is 24.4 Å². The van der Waals surface area contributed by atoms with E-state index in [1.165, 1.54) is 4.40 Å². The third-order valence-electron chi connectivity index (χ3n) is 4.79. The highest BCUT2D eigenvalue weighted by molar-refractivity contribution is 7.90. The number of sulfone groups is 1. The Morgan fingerprint density at radius 1 is 1.25 bits per heavy atom. The molecule has 1 aliphatic rings. The van der Waals surface area contributed by atoms with Crippen LogP contribution in [0.3, 0.4) is 0 Å². The molecule has 146 valence electrons. The van der Waals surface area contributed by atoms with E-state index in [9.17, 15) is 13.2 Å². The first-order chi connectivity index (χ1) is 13.4. The van der Waals surface area contributed by atoms with Gasteiger partial charge in [0.25, 0.3) is 5.91 Å². The van der Waals surface area contributed by atoms with Gasteiger partial charge in [0.15, 0.2) is 5.69 Å². The molecule has 0 spiro atoms. The molecule has 2 atom stereocenters. The maximum absolute atomic E-state index is 12.8. The number of fused-ring (bicyclic) bond motifs is 1. The van der Waals surface area contributed by atoms with E-state index in [2.05, 4.69) is 10.3 Å². The Balaban J connectivity index is 1.52. The fraction of sp³-hybridized carbons (Fsp3) is 0.300. The number of benzene rings is 1. The van der Waals surface area contributed by atoms with Crippen LogP contribution >= 0.6 is 0 Å². The third kappa shape index (κ3) is 3.47. The number of hydrogen-bond donors (Lipinski definition) is 1. The van der Waals surface area contributed by atoms with Crippen molar-refractivity contribution in [3.05, 3.63) is 59.9 Å². The smallest absolute Gasteiger partial charge is 0.272 e. The number of rotatable bonds is 6. The minimum atomic E-state index is -3.56. The summed E-state index contributed by atoms with van der Waals surface area (Å²) in [7, 11) is -3.56. The molecular formula is C20H21N3O4S. The largest absolute Gasteiger partial charge is 0.494 e. The zero-order chi connectivity index (χ0) is 19.9. The molecule has 2 heterocycles. The molecule has 0 bridgehead atoms. The van der Waals surface area contributed by atoms with Crippen molar-refractivity contribution in [3.8, 4) is 5.75 Å². The molecular weight excluding hydrogens is 378 g/mol. The molecule has 0 saturated heterocycles. The molecule has 1 aliphatic carbocycles. The minimum absolute atomic E-state index is 0.00703. The van der Waals surface area contributed by atoms with Crippen molar-refractivity contribution in [2.24, 2.45) is 0 Å². The molecule has 0 aliphatic heterocycles. The second kappa shape index (κ2) is 6.94. The van der Waals surface area contributed by atoms with Crippen LogP contribution in [0.5, 0.6) is 5.75 Å². The lowest BCUT2D eigenvalue weighted by Crippen LogP contribution is -2.27. The number of carbonyl (C=O) groups is 1. The maximum atomic E-state index is 12.8. The Hall–Kier alpha value is -2.87. The molecule has 1 saturated carbocycles. The average molecular weight is 399 g/mol. The minimum Gasteiger partial charge on any atom is -0.494 e. The van der Waals surface area contributed by atoms with Gasteiger partial charge in [-0.15, -0.1) is 0 Å². The molecule has 8 heteroatoms. The highest BCUT2D eigenvalue weighted by atomic mass is 32.2. The molecule has 28 heavy (non-hydrogen) atoms. The van der Waals surface area contributed by atoms with E-state index in [-0.39, 0.29) is 28.7 Å². The highest BCUT2D eigenvalue weighted by Crippen LogP contribution is 2.41. The average Bonchev–Trinajstić information content (AvgIpc) is 3.29. The quantitative estimate of drug-likeness (QED) is 0.688. The summed E-state index contributed by atoms with van der Waals surface area (Å²) in [4.78, 5) is 16.9. The zero-order valence-electron chi connectivity index (χ0n) is 15.6. The number of nitrogens with zero attached hydrogens (tertiary/aromatic N) is 2. The molecule has 4 rings (SSSR count). The number of nitrogens with one attached hydrogen (secondary N) is 1. The summed E-state index contributed by atoms with van der Waals surface area (Å²) in [5.41, 5.74) is 1.73. The summed E-state index contributed by atoms with van der Waals surface area (Å²) in [5.74, 6) is 0.699. The summed E-state index contributed by atoms with van der Waals surface area (Å²) in [5, 5.41) is 2.84. The highest BCUT2D eigenvalue weighted by Gasteiger charge is 2.40. The Labute approximate surface area is 163 Å². The van der Waals surface area contributed by atoms with Crippen molar-refractivity contribution in [2.75, 3.05) is 12.9 Å². The van der Waals surface area contributed by atoms with Crippen molar-refractivity contribution in [2.45, 2.75) is 30.5 Å². The molecule has 7 nitrogen and oxygen atoms in total. The fourth-order valence-electron chi connectivity index (χ4n) is 3.38. The van der Waals surface area contributed by atoms with Crippen LogP contribution in [0, 0.1) is 0 Å². The van der Waals surface area contributed by atoms with Gasteiger partial charge in [0.2, 0.25) is 15.0 Å². The molecule has 0 unspecified atom stereocenters. The van der Waals surface area contributed by atoms with E-state index < -0.39 is 9.84 Å². The fourth-order valence-corrected chi connectivity index (χ4v) is 4.15. The van der Waals surface area contributed by atoms with Crippen LogP contribution in [-0.4, -0.2) is 42.6 Å². The van der Waals surface area contributed by atoms with Gasteiger partial charge in [-0.05, 0) is 43.2 Å². The number of amides is 1. The molecule has 1 fully saturated rings. The summed E-state index contributed by atoms with van der Waals surface area (Å²) in [6, 6.07) is 13.0. The van der Waals surface area contributed by atoms with Gasteiger partial charge in [-0.2, -0.15) is 0 Å². The number of hydrogen-bond acceptors (Lipinski definition) is 5. The lowest BCUT2D eigenvalue weighted by Gasteiger charge is -2.06. The van der Waals surface area contributed by atoms with Crippen molar-refractivity contribution in [1.82, 2.24) is 14.7 Å². The van der Waals surface area contributed by atoms with Gasteiger partial charge in [-0.1, -0.05) is 18.2 Å². The predicted octanol–water partition coefficient (Wildman–Crippen LogP) is 2.42. The van der Waals surface area contributed by atoms with E-state index in [4.69, 9.17) is 4.74 Å². The van der Waals surface area contributed by atoms with Crippen molar-refractivity contribution < 1.29 is 17.9 Å². The zero-order valence-corrected chi connectivity index (χ0v) is 16.4. The van der Waals surface area contributed by atoms with Crippen LogP contribution in [0.4, 0.5) is 0 Å². The number of imidazole rings is 1. The molecule has 3 aromatic rings. The molecule has 1 amide bonds. The van der Waals surface area contributed by atoms with Crippen molar-refractivity contribution >= 4 is 21.3 Å². The molecule has 0 radical (unpaired) electrons. The Bertz CT molecular complexity index is 1140. The summed E-state index contributed by atoms with van der Waals surface area (Å²) < 4.78 is 30.9. The Kier molecular flexibility index (Phi) is 4.58. The molecule has 2 aromatic heterocycles. The second-order valence-corrected chi connectivity index (χ2v) is 8.80. The van der Waals surface area contributed by atoms with E-state index >= 15 is 0 Å². The lowest BCUT2D eigenvalue weighted by molar-refractivity contribution is 0.0947. The van der Waals surface area contributed by atoms with Gasteiger partial charge in [-0.3, -0.25) is 9.20 Å².